The number of alkyl halides is 3. The van der Waals surface area contributed by atoms with Crippen LogP contribution in [-0.4, -0.2) is 56.3 Å². The van der Waals surface area contributed by atoms with Crippen LogP contribution in [0.4, 0.5) is 13.2 Å². The summed E-state index contributed by atoms with van der Waals surface area (Å²) in [6, 6.07) is 4.74. The number of hydrazine groups is 1. The van der Waals surface area contributed by atoms with Gasteiger partial charge < -0.3 is 10.2 Å². The number of nitrogens with zero attached hydrogens (tertiary/aromatic N) is 2. The number of nitrogens with one attached hydrogen (secondary N) is 1. The van der Waals surface area contributed by atoms with Crippen LogP contribution in [0.1, 0.15) is 23.6 Å². The van der Waals surface area contributed by atoms with Gasteiger partial charge in [-0.2, -0.15) is 17.5 Å². The van der Waals surface area contributed by atoms with Crippen LogP contribution in [0.25, 0.3) is 0 Å². The van der Waals surface area contributed by atoms with Crippen LogP contribution >= 0.6 is 0 Å². The zero-order chi connectivity index (χ0) is 19.4. The molecule has 0 spiro atoms. The van der Waals surface area contributed by atoms with Gasteiger partial charge in [0.05, 0.1) is 30.6 Å². The summed E-state index contributed by atoms with van der Waals surface area (Å²) in [7, 11) is -3.34. The van der Waals surface area contributed by atoms with Gasteiger partial charge in [-0.15, -0.1) is 0 Å². The molecule has 0 saturated carbocycles. The van der Waals surface area contributed by atoms with Crippen LogP contribution in [0.2, 0.25) is 0 Å². The van der Waals surface area contributed by atoms with Crippen molar-refractivity contribution in [2.45, 2.75) is 24.7 Å². The van der Waals surface area contributed by atoms with Crippen molar-refractivity contribution in [3.63, 3.8) is 0 Å². The van der Waals surface area contributed by atoms with Gasteiger partial charge in [-0.25, -0.2) is 13.4 Å². The van der Waals surface area contributed by atoms with Crippen molar-refractivity contribution in [2.24, 2.45) is 0 Å². The molecule has 6 nitrogen and oxygen atoms in total. The highest BCUT2D eigenvalue weighted by molar-refractivity contribution is 7.88. The Morgan fingerprint density at radius 3 is 2.48 bits per heavy atom. The van der Waals surface area contributed by atoms with Crippen molar-refractivity contribution in [3.05, 3.63) is 46.7 Å². The van der Waals surface area contributed by atoms with Crippen LogP contribution in [0.15, 0.2) is 35.5 Å². The summed E-state index contributed by atoms with van der Waals surface area (Å²) in [4.78, 5) is 0. The van der Waals surface area contributed by atoms with E-state index in [1.54, 1.807) is 0 Å². The topological polar surface area (TPSA) is 65.2 Å². The average molecular weight is 403 g/mol. The summed E-state index contributed by atoms with van der Waals surface area (Å²) >= 11 is 0. The lowest BCUT2D eigenvalue weighted by Gasteiger charge is -2.29. The second-order valence-electron chi connectivity index (χ2n) is 7.09. The van der Waals surface area contributed by atoms with Gasteiger partial charge in [0.2, 0.25) is 10.0 Å². The lowest BCUT2D eigenvalue weighted by atomic mass is 9.94. The third-order valence-electron chi connectivity index (χ3n) is 5.09. The number of halogens is 3. The van der Waals surface area contributed by atoms with E-state index >= 15 is 0 Å². The van der Waals surface area contributed by atoms with Crippen LogP contribution in [0, 0.1) is 0 Å². The maximum absolute atomic E-state index is 12.9. The molecule has 10 heteroatoms. The molecule has 1 saturated heterocycles. The first-order valence-electron chi connectivity index (χ1n) is 8.62. The first kappa shape index (κ1) is 18.7. The van der Waals surface area contributed by atoms with Gasteiger partial charge in [-0.3, -0.25) is 0 Å². The first-order valence-corrected chi connectivity index (χ1v) is 10.5. The Morgan fingerprint density at radius 2 is 1.93 bits per heavy atom. The Labute approximate surface area is 155 Å². The first-order chi connectivity index (χ1) is 12.6. The summed E-state index contributed by atoms with van der Waals surface area (Å²) in [6.07, 6.45) is -2.59. The van der Waals surface area contributed by atoms with Crippen LogP contribution < -0.4 is 5.43 Å². The van der Waals surface area contributed by atoms with Crippen LogP contribution in [0.5, 0.6) is 0 Å². The highest BCUT2D eigenvalue weighted by atomic mass is 32.2. The third-order valence-corrected chi connectivity index (χ3v) is 6.34. The molecule has 1 fully saturated rings. The molecule has 0 bridgehead atoms. The van der Waals surface area contributed by atoms with Crippen molar-refractivity contribution in [1.29, 1.82) is 0 Å². The summed E-state index contributed by atoms with van der Waals surface area (Å²) < 4.78 is 69.3. The Kier molecular flexibility index (Phi) is 4.49. The molecule has 3 heterocycles. The molecule has 0 aromatic heterocycles. The van der Waals surface area contributed by atoms with Gasteiger partial charge in [0.1, 0.15) is 0 Å². The molecule has 2 atom stereocenters. The second kappa shape index (κ2) is 6.47. The molecule has 148 valence electrons. The molecular formula is C17H20F3N3O3S. The fraction of sp³-hybridized carbons (Fsp3) is 0.529. The largest absolute Gasteiger partial charge is 0.416 e. The average Bonchev–Trinajstić information content (AvgIpc) is 3.32. The van der Waals surface area contributed by atoms with Crippen molar-refractivity contribution in [2.75, 3.05) is 32.5 Å². The number of ether oxygens (including phenoxy) is 1. The lowest BCUT2D eigenvalue weighted by Crippen LogP contribution is -2.37. The monoisotopic (exact) mass is 403 g/mol. The number of hydrogen-bond donors (Lipinski definition) is 1. The normalized spacial score (nSPS) is 26.8. The molecule has 27 heavy (non-hydrogen) atoms. The van der Waals surface area contributed by atoms with Gasteiger partial charge >= 0.3 is 6.18 Å². The number of sulfonamides is 1. The van der Waals surface area contributed by atoms with E-state index in [4.69, 9.17) is 4.74 Å². The minimum atomic E-state index is -4.39. The fourth-order valence-corrected chi connectivity index (χ4v) is 4.43. The van der Waals surface area contributed by atoms with Gasteiger partial charge in [0, 0.05) is 31.8 Å². The van der Waals surface area contributed by atoms with E-state index in [1.807, 2.05) is 5.01 Å². The summed E-state index contributed by atoms with van der Waals surface area (Å²) in [6.45, 7) is 1.85. The Bertz CT molecular complexity index is 864. The fourth-order valence-electron chi connectivity index (χ4n) is 3.63. The predicted octanol–water partition coefficient (Wildman–Crippen LogP) is 1.88. The van der Waals surface area contributed by atoms with Gasteiger partial charge in [0.25, 0.3) is 0 Å². The summed E-state index contributed by atoms with van der Waals surface area (Å²) in [5, 5.41) is 1.94. The summed E-state index contributed by atoms with van der Waals surface area (Å²) in [5.74, 6) is 0. The SMILES string of the molecule is CS(=O)(=O)N1CCC2=C(C1)C(c1ccc(C(F)(F)F)cc1)N(C[C@@H]1CO1)N2. The quantitative estimate of drug-likeness (QED) is 0.778. The van der Waals surface area contributed by atoms with Crippen LogP contribution in [0.3, 0.4) is 0 Å². The highest BCUT2D eigenvalue weighted by Crippen LogP contribution is 2.40. The van der Waals surface area contributed by atoms with E-state index in [0.29, 0.717) is 31.7 Å². The lowest BCUT2D eigenvalue weighted by molar-refractivity contribution is -0.137. The zero-order valence-electron chi connectivity index (χ0n) is 14.7. The third kappa shape index (κ3) is 3.84. The molecular weight excluding hydrogens is 383 g/mol. The van der Waals surface area contributed by atoms with Gasteiger partial charge in [0.15, 0.2) is 0 Å². The molecule has 1 aromatic carbocycles. The Hall–Kier alpha value is -1.62. The van der Waals surface area contributed by atoms with Crippen molar-refractivity contribution >= 4 is 10.0 Å². The molecule has 3 aliphatic heterocycles. The van der Waals surface area contributed by atoms with Crippen molar-refractivity contribution < 1.29 is 26.3 Å². The minimum absolute atomic E-state index is 0.0850. The Balaban J connectivity index is 1.66. The number of hydrogen-bond acceptors (Lipinski definition) is 5. The molecule has 1 aromatic rings. The molecule has 0 radical (unpaired) electrons. The highest BCUT2D eigenvalue weighted by Gasteiger charge is 2.41. The standard InChI is InChI=1S/C17H20F3N3O3S/c1-27(24,25)22-7-6-15-14(9-22)16(23(21-15)8-13-10-26-13)11-2-4-12(5-3-11)17(18,19)20/h2-5,13,16,21H,6-10H2,1H3/t13-,16?/m1/s1. The van der Waals surface area contributed by atoms with E-state index in [1.165, 1.54) is 22.7 Å². The van der Waals surface area contributed by atoms with Crippen LogP contribution in [-0.2, 0) is 20.9 Å². The zero-order valence-corrected chi connectivity index (χ0v) is 15.5. The summed E-state index contributed by atoms with van der Waals surface area (Å²) in [5.41, 5.74) is 5.13. The molecule has 4 rings (SSSR count). The van der Waals surface area contributed by atoms with Crippen molar-refractivity contribution in [3.8, 4) is 0 Å². The van der Waals surface area contributed by atoms with E-state index in [2.05, 4.69) is 5.43 Å². The van der Waals surface area contributed by atoms with Gasteiger partial charge in [-0.05, 0) is 23.3 Å². The second-order valence-corrected chi connectivity index (χ2v) is 9.07. The molecule has 1 unspecified atom stereocenters. The number of epoxide rings is 1. The minimum Gasteiger partial charge on any atom is -0.372 e. The molecule has 3 aliphatic rings. The predicted molar refractivity (Wildman–Crippen MR) is 91.8 cm³/mol. The van der Waals surface area contributed by atoms with E-state index in [0.717, 1.165) is 23.4 Å². The molecule has 0 aliphatic carbocycles. The number of rotatable bonds is 4. The van der Waals surface area contributed by atoms with E-state index in [9.17, 15) is 21.6 Å². The number of benzene rings is 1. The maximum Gasteiger partial charge on any atom is 0.416 e. The van der Waals surface area contributed by atoms with Crippen molar-refractivity contribution in [1.82, 2.24) is 14.7 Å². The molecule has 1 N–H and O–H groups in total. The maximum atomic E-state index is 12.9. The Morgan fingerprint density at radius 1 is 1.26 bits per heavy atom. The smallest absolute Gasteiger partial charge is 0.372 e. The van der Waals surface area contributed by atoms with Gasteiger partial charge in [-0.1, -0.05) is 12.1 Å². The molecule has 0 amide bonds. The van der Waals surface area contributed by atoms with E-state index in [-0.39, 0.29) is 18.7 Å². The van der Waals surface area contributed by atoms with E-state index < -0.39 is 21.8 Å².